The molecule has 0 aromatic heterocycles. The molecule has 1 aromatic carbocycles. The third-order valence-electron chi connectivity index (χ3n) is 3.08. The molecule has 26 heavy (non-hydrogen) atoms. The molecule has 2 rings (SSSR count). The lowest BCUT2D eigenvalue weighted by Gasteiger charge is -2.08. The normalized spacial score (nSPS) is 17.0. The summed E-state index contributed by atoms with van der Waals surface area (Å²) in [6.07, 6.45) is 2.42. The number of rotatable bonds is 6. The van der Waals surface area contributed by atoms with Crippen LogP contribution < -0.4 is 15.5 Å². The molecule has 1 saturated heterocycles. The molecule has 11 heteroatoms. The Balaban J connectivity index is 2.18. The lowest BCUT2D eigenvalue weighted by molar-refractivity contribution is -0.135. The standard InChI is InChI=1S/C15H16BN3O6S/c1-3-25-11-5-4-10(16(22)23)6-9(11)8-17-19-15-18-14(21)12(26-15)7-13(20)24-2/h4-8,22-23H,3H2,1-2H3,(H,18,19,21)/b12-7+,17-8?. The van der Waals surface area contributed by atoms with Crippen molar-refractivity contribution in [1.29, 1.82) is 0 Å². The quantitative estimate of drug-likeness (QED) is 0.198. The van der Waals surface area contributed by atoms with E-state index in [1.54, 1.807) is 6.07 Å². The summed E-state index contributed by atoms with van der Waals surface area (Å²) >= 11 is 0.945. The molecule has 1 aliphatic rings. The third-order valence-corrected chi connectivity index (χ3v) is 3.98. The summed E-state index contributed by atoms with van der Waals surface area (Å²) in [5.41, 5.74) is 0.760. The molecule has 1 amide bonds. The van der Waals surface area contributed by atoms with Gasteiger partial charge in [0.25, 0.3) is 5.91 Å². The van der Waals surface area contributed by atoms with Gasteiger partial charge in [-0.1, -0.05) is 6.07 Å². The van der Waals surface area contributed by atoms with Gasteiger partial charge in [-0.15, -0.1) is 5.10 Å². The summed E-state index contributed by atoms with van der Waals surface area (Å²) in [5, 5.41) is 28.9. The van der Waals surface area contributed by atoms with Gasteiger partial charge < -0.3 is 19.5 Å². The van der Waals surface area contributed by atoms with E-state index in [1.807, 2.05) is 6.92 Å². The first-order valence-corrected chi connectivity index (χ1v) is 8.29. The summed E-state index contributed by atoms with van der Waals surface area (Å²) in [4.78, 5) is 23.0. The van der Waals surface area contributed by atoms with Crippen molar-refractivity contribution in [3.8, 4) is 5.75 Å². The molecule has 1 aromatic rings. The number of carbonyl (C=O) groups excluding carboxylic acids is 2. The summed E-state index contributed by atoms with van der Waals surface area (Å²) in [5.74, 6) is -0.627. The topological polar surface area (TPSA) is 130 Å². The Bertz CT molecular complexity index is 794. The molecule has 1 heterocycles. The number of hydrogen-bond donors (Lipinski definition) is 3. The average molecular weight is 377 g/mol. The maximum absolute atomic E-state index is 11.7. The zero-order valence-corrected chi connectivity index (χ0v) is 14.8. The fourth-order valence-electron chi connectivity index (χ4n) is 1.90. The Kier molecular flexibility index (Phi) is 6.95. The van der Waals surface area contributed by atoms with Crippen molar-refractivity contribution < 1.29 is 29.1 Å². The minimum atomic E-state index is -1.63. The molecule has 0 spiro atoms. The first-order valence-electron chi connectivity index (χ1n) is 7.47. The van der Waals surface area contributed by atoms with Crippen molar-refractivity contribution in [1.82, 2.24) is 5.32 Å². The van der Waals surface area contributed by atoms with E-state index in [-0.39, 0.29) is 15.5 Å². The van der Waals surface area contributed by atoms with Crippen LogP contribution in [-0.2, 0) is 14.3 Å². The number of amides is 1. The van der Waals surface area contributed by atoms with Gasteiger partial charge in [0.05, 0.1) is 24.8 Å². The number of esters is 1. The molecule has 0 saturated carbocycles. The summed E-state index contributed by atoms with van der Waals surface area (Å²) in [6.45, 7) is 2.24. The zero-order chi connectivity index (χ0) is 19.1. The SMILES string of the molecule is CCOc1ccc(B(O)O)cc1C=N/N=C1/NC(=O)/C(=C\C(=O)OC)S1. The molecule has 9 nitrogen and oxygen atoms in total. The number of benzene rings is 1. The number of ether oxygens (including phenoxy) is 2. The zero-order valence-electron chi connectivity index (χ0n) is 14.0. The van der Waals surface area contributed by atoms with Gasteiger partial charge in [0.1, 0.15) is 5.75 Å². The molecule has 0 aliphatic carbocycles. The molecule has 1 fully saturated rings. The highest BCUT2D eigenvalue weighted by Gasteiger charge is 2.25. The summed E-state index contributed by atoms with van der Waals surface area (Å²) in [6, 6.07) is 4.62. The van der Waals surface area contributed by atoms with Crippen molar-refractivity contribution >= 4 is 47.6 Å². The van der Waals surface area contributed by atoms with E-state index in [0.29, 0.717) is 17.9 Å². The van der Waals surface area contributed by atoms with Crippen LogP contribution in [0, 0.1) is 0 Å². The highest BCUT2D eigenvalue weighted by atomic mass is 32.2. The van der Waals surface area contributed by atoms with Crippen molar-refractivity contribution in [3.63, 3.8) is 0 Å². The van der Waals surface area contributed by atoms with Crippen LogP contribution >= 0.6 is 11.8 Å². The van der Waals surface area contributed by atoms with Gasteiger partial charge in [0.15, 0.2) is 5.17 Å². The minimum Gasteiger partial charge on any atom is -0.493 e. The Labute approximate surface area is 153 Å². The van der Waals surface area contributed by atoms with Gasteiger partial charge in [-0.05, 0) is 36.3 Å². The number of nitrogens with one attached hydrogen (secondary N) is 1. The number of nitrogens with zero attached hydrogens (tertiary/aromatic N) is 2. The molecule has 1 aliphatic heterocycles. The lowest BCUT2D eigenvalue weighted by Crippen LogP contribution is -2.30. The third kappa shape index (κ3) is 5.18. The lowest BCUT2D eigenvalue weighted by atomic mass is 9.79. The molecule has 3 N–H and O–H groups in total. The van der Waals surface area contributed by atoms with Gasteiger partial charge in [-0.25, -0.2) is 4.79 Å². The van der Waals surface area contributed by atoms with Gasteiger partial charge >= 0.3 is 13.1 Å². The van der Waals surface area contributed by atoms with E-state index < -0.39 is 19.0 Å². The van der Waals surface area contributed by atoms with E-state index in [9.17, 15) is 19.6 Å². The smallest absolute Gasteiger partial charge is 0.488 e. The number of carbonyl (C=O) groups is 2. The first-order chi connectivity index (χ1) is 12.4. The maximum Gasteiger partial charge on any atom is 0.488 e. The van der Waals surface area contributed by atoms with Crippen LogP contribution in [0.5, 0.6) is 5.75 Å². The van der Waals surface area contributed by atoms with Crippen LogP contribution in [-0.4, -0.2) is 54.1 Å². The van der Waals surface area contributed by atoms with E-state index in [1.165, 1.54) is 25.5 Å². The van der Waals surface area contributed by atoms with Gasteiger partial charge in [0, 0.05) is 11.6 Å². The molecule has 0 radical (unpaired) electrons. The predicted molar refractivity (Wildman–Crippen MR) is 98.3 cm³/mol. The molecule has 0 unspecified atom stereocenters. The first kappa shape index (κ1) is 19.7. The molecule has 0 bridgehead atoms. The minimum absolute atomic E-state index is 0.145. The second-order valence-corrected chi connectivity index (χ2v) is 5.87. The Morgan fingerprint density at radius 2 is 2.19 bits per heavy atom. The average Bonchev–Trinajstić information content (AvgIpc) is 2.95. The molecule has 0 atom stereocenters. The number of thioether (sulfide) groups is 1. The second-order valence-electron chi connectivity index (χ2n) is 4.84. The van der Waals surface area contributed by atoms with Crippen LogP contribution in [0.2, 0.25) is 0 Å². The Morgan fingerprint density at radius 3 is 2.85 bits per heavy atom. The van der Waals surface area contributed by atoms with E-state index in [4.69, 9.17) is 4.74 Å². The maximum atomic E-state index is 11.7. The van der Waals surface area contributed by atoms with Crippen molar-refractivity contribution in [2.45, 2.75) is 6.92 Å². The second kappa shape index (κ2) is 9.18. The Morgan fingerprint density at radius 1 is 1.42 bits per heavy atom. The molecular formula is C15H16BN3O6S. The van der Waals surface area contributed by atoms with E-state index in [2.05, 4.69) is 20.3 Å². The number of hydrogen-bond acceptors (Lipinski definition) is 9. The van der Waals surface area contributed by atoms with Crippen LogP contribution in [0.15, 0.2) is 39.4 Å². The predicted octanol–water partition coefficient (Wildman–Crippen LogP) is -0.625. The van der Waals surface area contributed by atoms with Crippen LogP contribution in [0.1, 0.15) is 12.5 Å². The van der Waals surface area contributed by atoms with E-state index >= 15 is 0 Å². The molecular weight excluding hydrogens is 361 g/mol. The van der Waals surface area contributed by atoms with Crippen molar-refractivity contribution in [2.75, 3.05) is 13.7 Å². The van der Waals surface area contributed by atoms with E-state index in [0.717, 1.165) is 17.8 Å². The van der Waals surface area contributed by atoms with Gasteiger partial charge in [0.2, 0.25) is 0 Å². The monoisotopic (exact) mass is 377 g/mol. The number of amidine groups is 1. The fraction of sp³-hybridized carbons (Fsp3) is 0.200. The van der Waals surface area contributed by atoms with Crippen molar-refractivity contribution in [3.05, 3.63) is 34.7 Å². The van der Waals surface area contributed by atoms with Gasteiger partial charge in [-0.2, -0.15) is 5.10 Å². The van der Waals surface area contributed by atoms with Gasteiger partial charge in [-0.3, -0.25) is 10.1 Å². The number of methoxy groups -OCH3 is 1. The highest BCUT2D eigenvalue weighted by molar-refractivity contribution is 8.18. The summed E-state index contributed by atoms with van der Waals surface area (Å²) < 4.78 is 9.91. The van der Waals surface area contributed by atoms with Crippen LogP contribution in [0.3, 0.4) is 0 Å². The fourth-order valence-corrected chi connectivity index (χ4v) is 2.64. The largest absolute Gasteiger partial charge is 0.493 e. The highest BCUT2D eigenvalue weighted by Crippen LogP contribution is 2.23. The van der Waals surface area contributed by atoms with Crippen molar-refractivity contribution in [2.24, 2.45) is 10.2 Å². The molecule has 136 valence electrons. The Hall–Kier alpha value is -2.63. The van der Waals surface area contributed by atoms with Crippen LogP contribution in [0.25, 0.3) is 0 Å². The van der Waals surface area contributed by atoms with Crippen LogP contribution in [0.4, 0.5) is 0 Å². The summed E-state index contributed by atoms with van der Waals surface area (Å²) in [7, 11) is -0.413.